The summed E-state index contributed by atoms with van der Waals surface area (Å²) in [5.74, 6) is 7.29. The molecular weight excluding hydrogens is 224 g/mol. The van der Waals surface area contributed by atoms with Gasteiger partial charge in [-0.15, -0.1) is 0 Å². The van der Waals surface area contributed by atoms with Crippen LogP contribution >= 0.6 is 0 Å². The number of rotatable bonds is 5. The first kappa shape index (κ1) is 13.4. The summed E-state index contributed by atoms with van der Waals surface area (Å²) in [6.07, 6.45) is 1.38. The van der Waals surface area contributed by atoms with E-state index < -0.39 is 0 Å². The molecule has 1 aromatic carbocycles. The lowest BCUT2D eigenvalue weighted by Crippen LogP contribution is -2.31. The van der Waals surface area contributed by atoms with E-state index in [0.29, 0.717) is 11.3 Å². The molecule has 3 heteroatoms. The number of nitrogens with one attached hydrogen (secondary N) is 1. The van der Waals surface area contributed by atoms with Crippen LogP contribution in [0.1, 0.15) is 45.7 Å². The standard InChI is InChI=1S/C15H24N2O/c1-10(2)18-13-8-6-5-7-11(13)14(17-16)12-9-15(12,3)4/h5-8,10,12,14,17H,9,16H2,1-4H3. The highest BCUT2D eigenvalue weighted by Crippen LogP contribution is 2.58. The van der Waals surface area contributed by atoms with Crippen molar-refractivity contribution in [2.45, 2.75) is 46.3 Å². The number of hydrazine groups is 1. The average molecular weight is 248 g/mol. The zero-order valence-electron chi connectivity index (χ0n) is 11.7. The Labute approximate surface area is 110 Å². The van der Waals surface area contributed by atoms with Gasteiger partial charge in [-0.25, -0.2) is 0 Å². The third-order valence-corrected chi connectivity index (χ3v) is 3.79. The van der Waals surface area contributed by atoms with Gasteiger partial charge in [-0.2, -0.15) is 0 Å². The molecule has 2 atom stereocenters. The Balaban J connectivity index is 2.25. The molecule has 100 valence electrons. The second-order valence-corrected chi connectivity index (χ2v) is 6.15. The highest BCUT2D eigenvalue weighted by atomic mass is 16.5. The summed E-state index contributed by atoms with van der Waals surface area (Å²) >= 11 is 0. The largest absolute Gasteiger partial charge is 0.491 e. The van der Waals surface area contributed by atoms with Crippen molar-refractivity contribution in [2.75, 3.05) is 0 Å². The van der Waals surface area contributed by atoms with Gasteiger partial charge < -0.3 is 4.74 Å². The Kier molecular flexibility index (Phi) is 3.64. The Morgan fingerprint density at radius 2 is 1.94 bits per heavy atom. The SMILES string of the molecule is CC(C)Oc1ccccc1C(NN)C1CC1(C)C. The number of para-hydroxylation sites is 1. The first-order valence-corrected chi connectivity index (χ1v) is 6.67. The van der Waals surface area contributed by atoms with Crippen molar-refractivity contribution in [3.05, 3.63) is 29.8 Å². The van der Waals surface area contributed by atoms with E-state index in [0.717, 1.165) is 5.75 Å². The zero-order valence-corrected chi connectivity index (χ0v) is 11.7. The minimum Gasteiger partial charge on any atom is -0.491 e. The quantitative estimate of drug-likeness (QED) is 0.622. The van der Waals surface area contributed by atoms with E-state index in [9.17, 15) is 0 Å². The third-order valence-electron chi connectivity index (χ3n) is 3.79. The molecule has 0 spiro atoms. The summed E-state index contributed by atoms with van der Waals surface area (Å²) in [6.45, 7) is 8.66. The molecule has 0 amide bonds. The first-order valence-electron chi connectivity index (χ1n) is 6.67. The van der Waals surface area contributed by atoms with Crippen LogP contribution in [0.4, 0.5) is 0 Å². The van der Waals surface area contributed by atoms with E-state index in [1.165, 1.54) is 12.0 Å². The molecule has 0 radical (unpaired) electrons. The van der Waals surface area contributed by atoms with Gasteiger partial charge in [0.2, 0.25) is 0 Å². The van der Waals surface area contributed by atoms with Crippen LogP contribution in [0.5, 0.6) is 5.75 Å². The Hall–Kier alpha value is -1.06. The van der Waals surface area contributed by atoms with Crippen LogP contribution in [0.15, 0.2) is 24.3 Å². The molecule has 2 rings (SSSR count). The molecule has 2 unspecified atom stereocenters. The van der Waals surface area contributed by atoms with Crippen molar-refractivity contribution in [2.24, 2.45) is 17.2 Å². The van der Waals surface area contributed by atoms with Crippen molar-refractivity contribution < 1.29 is 4.74 Å². The molecule has 1 aromatic rings. The predicted octanol–water partition coefficient (Wildman–Crippen LogP) is 3.02. The highest BCUT2D eigenvalue weighted by Gasteiger charge is 2.50. The molecule has 1 fully saturated rings. The monoisotopic (exact) mass is 248 g/mol. The fraction of sp³-hybridized carbons (Fsp3) is 0.600. The molecule has 1 saturated carbocycles. The van der Waals surface area contributed by atoms with Crippen LogP contribution in [0.25, 0.3) is 0 Å². The lowest BCUT2D eigenvalue weighted by molar-refractivity contribution is 0.236. The molecule has 0 saturated heterocycles. The minimum atomic E-state index is 0.176. The summed E-state index contributed by atoms with van der Waals surface area (Å²) < 4.78 is 5.88. The topological polar surface area (TPSA) is 47.3 Å². The Bertz CT molecular complexity index is 415. The summed E-state index contributed by atoms with van der Waals surface area (Å²) in [5, 5.41) is 0. The van der Waals surface area contributed by atoms with Gasteiger partial charge in [0.05, 0.1) is 12.1 Å². The fourth-order valence-corrected chi connectivity index (χ4v) is 2.60. The van der Waals surface area contributed by atoms with E-state index in [1.54, 1.807) is 0 Å². The fourth-order valence-electron chi connectivity index (χ4n) is 2.60. The van der Waals surface area contributed by atoms with Crippen molar-refractivity contribution in [3.8, 4) is 5.75 Å². The van der Waals surface area contributed by atoms with Crippen LogP contribution in [0, 0.1) is 11.3 Å². The first-order chi connectivity index (χ1) is 8.45. The molecule has 0 aliphatic heterocycles. The third kappa shape index (κ3) is 2.68. The van der Waals surface area contributed by atoms with E-state index in [-0.39, 0.29) is 12.1 Å². The van der Waals surface area contributed by atoms with E-state index in [2.05, 4.69) is 25.3 Å². The summed E-state index contributed by atoms with van der Waals surface area (Å²) in [5.41, 5.74) is 4.52. The predicted molar refractivity (Wildman–Crippen MR) is 74.2 cm³/mol. The van der Waals surface area contributed by atoms with Gasteiger partial charge >= 0.3 is 0 Å². The zero-order chi connectivity index (χ0) is 13.3. The van der Waals surface area contributed by atoms with Crippen LogP contribution in [0.3, 0.4) is 0 Å². The number of hydrogen-bond donors (Lipinski definition) is 2. The number of nitrogens with two attached hydrogens (primary N) is 1. The molecule has 0 heterocycles. The molecule has 1 aliphatic rings. The molecule has 18 heavy (non-hydrogen) atoms. The second kappa shape index (κ2) is 4.90. The van der Waals surface area contributed by atoms with Crippen LogP contribution in [-0.2, 0) is 0 Å². The molecule has 1 aliphatic carbocycles. The minimum absolute atomic E-state index is 0.176. The number of hydrogen-bond acceptors (Lipinski definition) is 3. The van der Waals surface area contributed by atoms with Crippen molar-refractivity contribution in [3.63, 3.8) is 0 Å². The van der Waals surface area contributed by atoms with Gasteiger partial charge in [0.25, 0.3) is 0 Å². The van der Waals surface area contributed by atoms with E-state index >= 15 is 0 Å². The maximum absolute atomic E-state index is 5.88. The maximum atomic E-state index is 5.88. The molecular formula is C15H24N2O. The van der Waals surface area contributed by atoms with Crippen molar-refractivity contribution in [1.29, 1.82) is 0 Å². The van der Waals surface area contributed by atoms with E-state index in [1.807, 2.05) is 32.0 Å². The molecule has 3 nitrogen and oxygen atoms in total. The van der Waals surface area contributed by atoms with E-state index in [4.69, 9.17) is 10.6 Å². The summed E-state index contributed by atoms with van der Waals surface area (Å²) in [4.78, 5) is 0. The van der Waals surface area contributed by atoms with Crippen LogP contribution < -0.4 is 16.0 Å². The lowest BCUT2D eigenvalue weighted by Gasteiger charge is -2.22. The normalized spacial score (nSPS) is 22.9. The van der Waals surface area contributed by atoms with Crippen molar-refractivity contribution >= 4 is 0 Å². The van der Waals surface area contributed by atoms with Gasteiger partial charge in [0, 0.05) is 5.56 Å². The highest BCUT2D eigenvalue weighted by molar-refractivity contribution is 5.37. The van der Waals surface area contributed by atoms with Gasteiger partial charge in [0.1, 0.15) is 5.75 Å². The second-order valence-electron chi connectivity index (χ2n) is 6.15. The van der Waals surface area contributed by atoms with Gasteiger partial charge in [-0.3, -0.25) is 11.3 Å². The van der Waals surface area contributed by atoms with Crippen molar-refractivity contribution in [1.82, 2.24) is 5.43 Å². The summed E-state index contributed by atoms with van der Waals surface area (Å²) in [7, 11) is 0. The average Bonchev–Trinajstić information content (AvgIpc) is 2.90. The maximum Gasteiger partial charge on any atom is 0.124 e. The van der Waals surface area contributed by atoms with Crippen LogP contribution in [0.2, 0.25) is 0 Å². The Morgan fingerprint density at radius 3 is 2.44 bits per heavy atom. The molecule has 0 bridgehead atoms. The molecule has 0 aromatic heterocycles. The number of ether oxygens (including phenoxy) is 1. The van der Waals surface area contributed by atoms with Crippen LogP contribution in [-0.4, -0.2) is 6.10 Å². The van der Waals surface area contributed by atoms with Gasteiger partial charge in [-0.05, 0) is 37.7 Å². The van der Waals surface area contributed by atoms with Gasteiger partial charge in [-0.1, -0.05) is 32.0 Å². The number of benzene rings is 1. The molecule has 3 N–H and O–H groups in total. The summed E-state index contributed by atoms with van der Waals surface area (Å²) in [6, 6.07) is 8.36. The Morgan fingerprint density at radius 1 is 1.33 bits per heavy atom. The lowest BCUT2D eigenvalue weighted by atomic mass is 9.97. The van der Waals surface area contributed by atoms with Gasteiger partial charge in [0.15, 0.2) is 0 Å². The smallest absolute Gasteiger partial charge is 0.124 e.